The molecule has 2 N–H and O–H groups in total. The molecule has 0 aliphatic rings. The molecule has 0 saturated carbocycles. The molecule has 0 spiro atoms. The third kappa shape index (κ3) is 5.56. The number of aromatic nitrogens is 2. The number of nitrogens with one attached hydrogen (secondary N) is 2. The van der Waals surface area contributed by atoms with Crippen molar-refractivity contribution in [2.45, 2.75) is 40.8 Å². The molecule has 2 heterocycles. The Bertz CT molecular complexity index is 623. The molecular weight excluding hydrogens is 413 g/mol. The van der Waals surface area contributed by atoms with Crippen molar-refractivity contribution in [1.29, 1.82) is 0 Å². The average molecular weight is 435 g/mol. The second-order valence-electron chi connectivity index (χ2n) is 4.72. The van der Waals surface area contributed by atoms with Gasteiger partial charge in [0.05, 0.1) is 22.9 Å². The molecule has 0 amide bonds. The molecule has 0 aliphatic heterocycles. The van der Waals surface area contributed by atoms with E-state index in [1.54, 1.807) is 11.3 Å². The lowest BCUT2D eigenvalue weighted by Gasteiger charge is -2.10. The van der Waals surface area contributed by atoms with Gasteiger partial charge in [-0.05, 0) is 27.7 Å². The fraction of sp³-hybridized carbons (Fsp3) is 0.500. The van der Waals surface area contributed by atoms with Gasteiger partial charge < -0.3 is 15.2 Å². The van der Waals surface area contributed by atoms with Crippen LogP contribution < -0.4 is 10.6 Å². The van der Waals surface area contributed by atoms with Crippen LogP contribution >= 0.6 is 35.3 Å². The summed E-state index contributed by atoms with van der Waals surface area (Å²) in [6.07, 6.45) is 0. The molecule has 2 aromatic heterocycles. The van der Waals surface area contributed by atoms with E-state index in [1.807, 2.05) is 33.8 Å². The van der Waals surface area contributed by atoms with E-state index in [0.717, 1.165) is 41.2 Å². The molecule has 2 rings (SSSR count). The summed E-state index contributed by atoms with van der Waals surface area (Å²) in [5, 5.41) is 11.5. The van der Waals surface area contributed by atoms with Crippen LogP contribution in [0.25, 0.3) is 0 Å². The van der Waals surface area contributed by atoms with Crippen molar-refractivity contribution < 1.29 is 4.52 Å². The third-order valence-corrected chi connectivity index (χ3v) is 3.90. The zero-order valence-electron chi connectivity index (χ0n) is 13.3. The largest absolute Gasteiger partial charge is 0.359 e. The monoisotopic (exact) mass is 435 g/mol. The van der Waals surface area contributed by atoms with Gasteiger partial charge in [0.2, 0.25) is 0 Å². The molecule has 0 unspecified atom stereocenters. The molecule has 0 bridgehead atoms. The standard InChI is InChI=1S/C14H21N5OS.HI/c1-5-15-14(16-7-12-6-9(2)19-20-12)17-8-13-10(3)18-11(4)21-13;/h6H,5,7-8H2,1-4H3,(H2,15,16,17);1H. The molecule has 122 valence electrons. The van der Waals surface area contributed by atoms with Crippen molar-refractivity contribution in [2.75, 3.05) is 6.54 Å². The Morgan fingerprint density at radius 1 is 1.32 bits per heavy atom. The van der Waals surface area contributed by atoms with Crippen molar-refractivity contribution >= 4 is 41.3 Å². The van der Waals surface area contributed by atoms with Crippen LogP contribution in [0.15, 0.2) is 15.6 Å². The highest BCUT2D eigenvalue weighted by molar-refractivity contribution is 14.0. The van der Waals surface area contributed by atoms with E-state index in [1.165, 1.54) is 4.88 Å². The van der Waals surface area contributed by atoms with Gasteiger partial charge >= 0.3 is 0 Å². The Morgan fingerprint density at radius 2 is 2.09 bits per heavy atom. The van der Waals surface area contributed by atoms with Gasteiger partial charge in [-0.3, -0.25) is 0 Å². The topological polar surface area (TPSA) is 75.3 Å². The van der Waals surface area contributed by atoms with Crippen LogP contribution in [0.1, 0.15) is 34.0 Å². The molecular formula is C14H22IN5OS. The molecule has 22 heavy (non-hydrogen) atoms. The normalized spacial score (nSPS) is 11.2. The lowest BCUT2D eigenvalue weighted by atomic mass is 10.4. The minimum Gasteiger partial charge on any atom is -0.359 e. The Morgan fingerprint density at radius 3 is 2.64 bits per heavy atom. The van der Waals surface area contributed by atoms with E-state index in [2.05, 4.69) is 25.8 Å². The van der Waals surface area contributed by atoms with Gasteiger partial charge in [-0.1, -0.05) is 5.16 Å². The predicted octanol–water partition coefficient (Wildman–Crippen LogP) is 2.93. The van der Waals surface area contributed by atoms with Crippen molar-refractivity contribution in [3.63, 3.8) is 0 Å². The Hall–Kier alpha value is -1.16. The van der Waals surface area contributed by atoms with Crippen molar-refractivity contribution in [1.82, 2.24) is 20.8 Å². The number of rotatable bonds is 5. The number of aliphatic imine (C=N–C) groups is 1. The maximum atomic E-state index is 5.16. The quantitative estimate of drug-likeness (QED) is 0.429. The van der Waals surface area contributed by atoms with E-state index < -0.39 is 0 Å². The first-order valence-electron chi connectivity index (χ1n) is 6.95. The minimum absolute atomic E-state index is 0. The Labute approximate surface area is 151 Å². The third-order valence-electron chi connectivity index (χ3n) is 2.83. The first kappa shape index (κ1) is 18.9. The van der Waals surface area contributed by atoms with Crippen LogP contribution in [0.3, 0.4) is 0 Å². The van der Waals surface area contributed by atoms with Crippen LogP contribution in [0.4, 0.5) is 0 Å². The molecule has 0 aromatic carbocycles. The molecule has 8 heteroatoms. The van der Waals surface area contributed by atoms with E-state index in [4.69, 9.17) is 4.52 Å². The summed E-state index contributed by atoms with van der Waals surface area (Å²) in [6.45, 7) is 9.99. The number of halogens is 1. The van der Waals surface area contributed by atoms with Crippen LogP contribution in [0.5, 0.6) is 0 Å². The zero-order valence-corrected chi connectivity index (χ0v) is 16.4. The maximum Gasteiger partial charge on any atom is 0.191 e. The number of nitrogens with zero attached hydrogens (tertiary/aromatic N) is 3. The van der Waals surface area contributed by atoms with E-state index in [-0.39, 0.29) is 24.0 Å². The van der Waals surface area contributed by atoms with Crippen molar-refractivity contribution in [3.8, 4) is 0 Å². The highest BCUT2D eigenvalue weighted by Gasteiger charge is 2.06. The van der Waals surface area contributed by atoms with Gasteiger partial charge in [0, 0.05) is 17.5 Å². The van der Waals surface area contributed by atoms with Gasteiger partial charge in [0.25, 0.3) is 0 Å². The van der Waals surface area contributed by atoms with Crippen LogP contribution in [-0.4, -0.2) is 22.6 Å². The van der Waals surface area contributed by atoms with Crippen LogP contribution in [-0.2, 0) is 13.1 Å². The minimum atomic E-state index is 0. The fourth-order valence-corrected chi connectivity index (χ4v) is 2.77. The summed E-state index contributed by atoms with van der Waals surface area (Å²) in [5.74, 6) is 1.52. The van der Waals surface area contributed by atoms with E-state index >= 15 is 0 Å². The number of hydrogen-bond donors (Lipinski definition) is 2. The number of hydrogen-bond acceptors (Lipinski definition) is 5. The molecule has 0 fully saturated rings. The SMILES string of the molecule is CCNC(=NCc1cc(C)no1)NCc1sc(C)nc1C.I. The smallest absolute Gasteiger partial charge is 0.191 e. The van der Waals surface area contributed by atoms with Gasteiger partial charge in [-0.15, -0.1) is 35.3 Å². The van der Waals surface area contributed by atoms with Gasteiger partial charge in [-0.2, -0.15) is 0 Å². The van der Waals surface area contributed by atoms with Crippen molar-refractivity contribution in [2.24, 2.45) is 4.99 Å². The maximum absolute atomic E-state index is 5.16. The Balaban J connectivity index is 0.00000242. The highest BCUT2D eigenvalue weighted by atomic mass is 127. The van der Waals surface area contributed by atoms with Crippen LogP contribution in [0.2, 0.25) is 0 Å². The van der Waals surface area contributed by atoms with Gasteiger partial charge in [0.1, 0.15) is 6.54 Å². The summed E-state index contributed by atoms with van der Waals surface area (Å²) >= 11 is 1.71. The van der Waals surface area contributed by atoms with Gasteiger partial charge in [-0.25, -0.2) is 9.98 Å². The fourth-order valence-electron chi connectivity index (χ4n) is 1.89. The first-order chi connectivity index (χ1) is 10.1. The summed E-state index contributed by atoms with van der Waals surface area (Å²) < 4.78 is 5.16. The van der Waals surface area contributed by atoms with E-state index in [0.29, 0.717) is 6.54 Å². The predicted molar refractivity (Wildman–Crippen MR) is 99.9 cm³/mol. The second-order valence-corrected chi connectivity index (χ2v) is 6.01. The lowest BCUT2D eigenvalue weighted by molar-refractivity contribution is 0.381. The molecule has 2 aromatic rings. The molecule has 0 aliphatic carbocycles. The molecule has 0 atom stereocenters. The summed E-state index contributed by atoms with van der Waals surface area (Å²) in [6, 6.07) is 1.89. The summed E-state index contributed by atoms with van der Waals surface area (Å²) in [7, 11) is 0. The molecule has 6 nitrogen and oxygen atoms in total. The first-order valence-corrected chi connectivity index (χ1v) is 7.77. The molecule has 0 radical (unpaired) electrons. The van der Waals surface area contributed by atoms with Crippen molar-refractivity contribution in [3.05, 3.63) is 33.1 Å². The summed E-state index contributed by atoms with van der Waals surface area (Å²) in [4.78, 5) is 10.1. The Kier molecular flexibility index (Phi) is 7.80. The lowest BCUT2D eigenvalue weighted by Crippen LogP contribution is -2.36. The average Bonchev–Trinajstić information content (AvgIpc) is 2.99. The summed E-state index contributed by atoms with van der Waals surface area (Å²) in [5.41, 5.74) is 1.95. The molecule has 0 saturated heterocycles. The zero-order chi connectivity index (χ0) is 15.2. The number of thiazole rings is 1. The van der Waals surface area contributed by atoms with E-state index in [9.17, 15) is 0 Å². The van der Waals surface area contributed by atoms with Crippen LogP contribution in [0, 0.1) is 20.8 Å². The number of aryl methyl sites for hydroxylation is 3. The highest BCUT2D eigenvalue weighted by Crippen LogP contribution is 2.16. The van der Waals surface area contributed by atoms with Gasteiger partial charge in [0.15, 0.2) is 11.7 Å². The number of guanidine groups is 1. The second kappa shape index (κ2) is 9.09.